The number of hydrogen-bond donors (Lipinski definition) is 1. The van der Waals surface area contributed by atoms with Crippen LogP contribution >= 0.6 is 0 Å². The van der Waals surface area contributed by atoms with Gasteiger partial charge >= 0.3 is 0 Å². The molecule has 0 rings (SSSR count). The van der Waals surface area contributed by atoms with E-state index in [4.69, 9.17) is 5.73 Å². The summed E-state index contributed by atoms with van der Waals surface area (Å²) in [5, 5.41) is 0. The highest BCUT2D eigenvalue weighted by molar-refractivity contribution is 5.73. The van der Waals surface area contributed by atoms with Gasteiger partial charge in [0.05, 0.1) is 0 Å². The van der Waals surface area contributed by atoms with Crippen molar-refractivity contribution in [2.45, 2.75) is 54.4 Å². The van der Waals surface area contributed by atoms with Gasteiger partial charge in [0.1, 0.15) is 0 Å². The topological polar surface area (TPSA) is 46.3 Å². The molecule has 94 valence electrons. The lowest BCUT2D eigenvalue weighted by molar-refractivity contribution is -0.128. The van der Waals surface area contributed by atoms with E-state index in [1.165, 1.54) is 0 Å². The van der Waals surface area contributed by atoms with Gasteiger partial charge in [0.15, 0.2) is 0 Å². The first-order valence-corrected chi connectivity index (χ1v) is 6.18. The summed E-state index contributed by atoms with van der Waals surface area (Å²) < 4.78 is 0. The number of amides is 1. The zero-order valence-electron chi connectivity index (χ0n) is 11.5. The van der Waals surface area contributed by atoms with E-state index in [0.717, 1.165) is 19.4 Å². The Balaban J connectivity index is -0.000000318. The van der Waals surface area contributed by atoms with E-state index < -0.39 is 0 Å². The van der Waals surface area contributed by atoms with Gasteiger partial charge in [0.25, 0.3) is 0 Å². The summed E-state index contributed by atoms with van der Waals surface area (Å²) >= 11 is 0. The lowest BCUT2D eigenvalue weighted by Gasteiger charge is -2.19. The second kappa shape index (κ2) is 19.1. The minimum Gasteiger partial charge on any atom is -0.342 e. The number of hydrogen-bond acceptors (Lipinski definition) is 2. The van der Waals surface area contributed by atoms with Crippen LogP contribution in [0.3, 0.4) is 0 Å². The maximum Gasteiger partial charge on any atom is 0.219 e. The monoisotopic (exact) mass is 218 g/mol. The predicted molar refractivity (Wildman–Crippen MR) is 68.9 cm³/mol. The molecule has 0 aromatic rings. The zero-order valence-corrected chi connectivity index (χ0v) is 11.5. The van der Waals surface area contributed by atoms with Crippen molar-refractivity contribution in [2.75, 3.05) is 19.6 Å². The molecule has 0 saturated heterocycles. The van der Waals surface area contributed by atoms with Gasteiger partial charge in [-0.15, -0.1) is 0 Å². The molecule has 0 heterocycles. The van der Waals surface area contributed by atoms with Crippen LogP contribution in [-0.4, -0.2) is 30.4 Å². The average molecular weight is 218 g/mol. The van der Waals surface area contributed by atoms with Gasteiger partial charge in [0, 0.05) is 26.6 Å². The van der Waals surface area contributed by atoms with E-state index in [9.17, 15) is 4.79 Å². The fraction of sp³-hybridized carbons (Fsp3) is 0.917. The van der Waals surface area contributed by atoms with Crippen LogP contribution in [0.5, 0.6) is 0 Å². The van der Waals surface area contributed by atoms with Gasteiger partial charge in [0.2, 0.25) is 5.91 Å². The summed E-state index contributed by atoms with van der Waals surface area (Å²) in [6.07, 6.45) is 2.19. The standard InChI is InChI=1S/C8H18N2O.2C2H6/c1-3-4-6-10(7-5-9)8(2)11;2*1-2/h3-7,9H2,1-2H3;2*1-2H3. The molecule has 0 aromatic carbocycles. The van der Waals surface area contributed by atoms with Crippen LogP contribution in [0.4, 0.5) is 0 Å². The Labute approximate surface area is 96.0 Å². The molecule has 0 unspecified atom stereocenters. The SMILES string of the molecule is CC.CC.CCCCN(CCN)C(C)=O. The van der Waals surface area contributed by atoms with Crippen LogP contribution in [0.25, 0.3) is 0 Å². The summed E-state index contributed by atoms with van der Waals surface area (Å²) in [5.74, 6) is 0.129. The maximum atomic E-state index is 10.9. The Morgan fingerprint density at radius 2 is 1.60 bits per heavy atom. The number of carbonyl (C=O) groups is 1. The van der Waals surface area contributed by atoms with Crippen molar-refractivity contribution < 1.29 is 4.79 Å². The Morgan fingerprint density at radius 3 is 1.87 bits per heavy atom. The van der Waals surface area contributed by atoms with E-state index in [2.05, 4.69) is 6.92 Å². The minimum absolute atomic E-state index is 0.129. The first-order chi connectivity index (χ1) is 7.22. The van der Waals surface area contributed by atoms with Crippen LogP contribution in [0, 0.1) is 0 Å². The molecule has 0 aliphatic carbocycles. The van der Waals surface area contributed by atoms with Crippen LogP contribution in [0.15, 0.2) is 0 Å². The van der Waals surface area contributed by atoms with Crippen molar-refractivity contribution in [2.24, 2.45) is 5.73 Å². The molecule has 0 atom stereocenters. The molecule has 0 radical (unpaired) electrons. The largest absolute Gasteiger partial charge is 0.342 e. The Bertz CT molecular complexity index is 116. The third kappa shape index (κ3) is 16.1. The highest BCUT2D eigenvalue weighted by atomic mass is 16.2. The normalized spacial score (nSPS) is 7.93. The summed E-state index contributed by atoms with van der Waals surface area (Å²) in [6.45, 7) is 13.8. The Kier molecular flexibility index (Phi) is 25.3. The van der Waals surface area contributed by atoms with Crippen molar-refractivity contribution in [3.05, 3.63) is 0 Å². The Hall–Kier alpha value is -0.570. The highest BCUT2D eigenvalue weighted by Crippen LogP contribution is 1.94. The van der Waals surface area contributed by atoms with Crippen LogP contribution in [-0.2, 0) is 4.79 Å². The fourth-order valence-electron chi connectivity index (χ4n) is 0.932. The van der Waals surface area contributed by atoms with Gasteiger partial charge in [-0.1, -0.05) is 41.0 Å². The van der Waals surface area contributed by atoms with E-state index in [1.807, 2.05) is 27.7 Å². The van der Waals surface area contributed by atoms with Crippen LogP contribution in [0.2, 0.25) is 0 Å². The van der Waals surface area contributed by atoms with E-state index >= 15 is 0 Å². The molecular formula is C12H30N2O. The summed E-state index contributed by atoms with van der Waals surface area (Å²) in [4.78, 5) is 12.7. The molecule has 2 N–H and O–H groups in total. The molecule has 15 heavy (non-hydrogen) atoms. The maximum absolute atomic E-state index is 10.9. The molecule has 0 aliphatic heterocycles. The minimum atomic E-state index is 0.129. The van der Waals surface area contributed by atoms with E-state index in [0.29, 0.717) is 13.1 Å². The molecular weight excluding hydrogens is 188 g/mol. The quantitative estimate of drug-likeness (QED) is 0.771. The van der Waals surface area contributed by atoms with Crippen LogP contribution in [0.1, 0.15) is 54.4 Å². The summed E-state index contributed by atoms with van der Waals surface area (Å²) in [7, 11) is 0. The molecule has 1 amide bonds. The molecule has 0 aromatic heterocycles. The summed E-state index contributed by atoms with van der Waals surface area (Å²) in [6, 6.07) is 0. The molecule has 3 heteroatoms. The van der Waals surface area contributed by atoms with Crippen LogP contribution < -0.4 is 5.73 Å². The second-order valence-corrected chi connectivity index (χ2v) is 2.65. The predicted octanol–water partition coefficient (Wildman–Crippen LogP) is 2.65. The zero-order chi connectivity index (χ0) is 12.7. The van der Waals surface area contributed by atoms with Crippen molar-refractivity contribution in [1.29, 1.82) is 0 Å². The van der Waals surface area contributed by atoms with Crippen molar-refractivity contribution in [3.8, 4) is 0 Å². The fourth-order valence-corrected chi connectivity index (χ4v) is 0.932. The Morgan fingerprint density at radius 1 is 1.13 bits per heavy atom. The van der Waals surface area contributed by atoms with Gasteiger partial charge in [-0.05, 0) is 6.42 Å². The second-order valence-electron chi connectivity index (χ2n) is 2.65. The number of nitrogens with zero attached hydrogens (tertiary/aromatic N) is 1. The number of unbranched alkanes of at least 4 members (excludes halogenated alkanes) is 1. The van der Waals surface area contributed by atoms with E-state index in [1.54, 1.807) is 11.8 Å². The number of nitrogens with two attached hydrogens (primary N) is 1. The smallest absolute Gasteiger partial charge is 0.219 e. The van der Waals surface area contributed by atoms with Gasteiger partial charge in [-0.3, -0.25) is 4.79 Å². The third-order valence-corrected chi connectivity index (χ3v) is 1.63. The van der Waals surface area contributed by atoms with Crippen molar-refractivity contribution >= 4 is 5.91 Å². The molecule has 0 aliphatic rings. The molecule has 0 fully saturated rings. The first kappa shape index (κ1) is 19.9. The van der Waals surface area contributed by atoms with Crippen molar-refractivity contribution in [1.82, 2.24) is 4.90 Å². The molecule has 0 saturated carbocycles. The van der Waals surface area contributed by atoms with Gasteiger partial charge in [-0.2, -0.15) is 0 Å². The lowest BCUT2D eigenvalue weighted by atomic mass is 10.3. The van der Waals surface area contributed by atoms with Gasteiger partial charge < -0.3 is 10.6 Å². The first-order valence-electron chi connectivity index (χ1n) is 6.18. The number of rotatable bonds is 5. The van der Waals surface area contributed by atoms with E-state index in [-0.39, 0.29) is 5.91 Å². The molecule has 0 spiro atoms. The number of carbonyl (C=O) groups excluding carboxylic acids is 1. The third-order valence-electron chi connectivity index (χ3n) is 1.63. The lowest BCUT2D eigenvalue weighted by Crippen LogP contribution is -2.34. The van der Waals surface area contributed by atoms with Gasteiger partial charge in [-0.25, -0.2) is 0 Å². The van der Waals surface area contributed by atoms with Crippen molar-refractivity contribution in [3.63, 3.8) is 0 Å². The highest BCUT2D eigenvalue weighted by Gasteiger charge is 2.04. The average Bonchev–Trinajstić information content (AvgIpc) is 2.29. The summed E-state index contributed by atoms with van der Waals surface area (Å²) in [5.41, 5.74) is 5.35. The molecule has 3 nitrogen and oxygen atoms in total. The molecule has 0 bridgehead atoms.